The molecule has 4 N–H and O–H groups in total. The first-order chi connectivity index (χ1) is 8.00. The minimum Gasteiger partial charge on any atom is -0.397 e. The van der Waals surface area contributed by atoms with Crippen molar-refractivity contribution in [3.05, 3.63) is 47.8 Å². The molecule has 0 saturated carbocycles. The number of benzene rings is 2. The van der Waals surface area contributed by atoms with Crippen molar-refractivity contribution >= 4 is 11.4 Å². The van der Waals surface area contributed by atoms with E-state index in [-0.39, 0.29) is 11.3 Å². The van der Waals surface area contributed by atoms with Gasteiger partial charge in [-0.25, -0.2) is 13.2 Å². The smallest absolute Gasteiger partial charge is 0.194 e. The molecular formula is C12H9F3N2. The standard InChI is InChI=1S/C12H9F3N2/c13-8-4-6(5-9(14)11(8)15)7-2-1-3-10(16)12(7)17/h1-5H,16-17H2. The number of para-hydroxylation sites is 1. The first-order valence-corrected chi connectivity index (χ1v) is 4.79. The van der Waals surface area contributed by atoms with Crippen molar-refractivity contribution in [1.29, 1.82) is 0 Å². The first kappa shape index (κ1) is 11.3. The number of anilines is 2. The van der Waals surface area contributed by atoms with Crippen molar-refractivity contribution in [3.63, 3.8) is 0 Å². The van der Waals surface area contributed by atoms with Gasteiger partial charge in [-0.2, -0.15) is 0 Å². The highest BCUT2D eigenvalue weighted by Crippen LogP contribution is 2.31. The fourth-order valence-corrected chi connectivity index (χ4v) is 1.55. The number of nitrogen functional groups attached to an aromatic ring is 2. The predicted molar refractivity (Wildman–Crippen MR) is 60.6 cm³/mol. The van der Waals surface area contributed by atoms with Crippen molar-refractivity contribution in [2.75, 3.05) is 11.5 Å². The van der Waals surface area contributed by atoms with Crippen LogP contribution >= 0.6 is 0 Å². The van der Waals surface area contributed by atoms with E-state index in [0.29, 0.717) is 11.3 Å². The zero-order valence-corrected chi connectivity index (χ0v) is 8.68. The highest BCUT2D eigenvalue weighted by molar-refractivity contribution is 5.84. The molecule has 0 amide bonds. The number of nitrogens with two attached hydrogens (primary N) is 2. The van der Waals surface area contributed by atoms with Crippen LogP contribution in [-0.4, -0.2) is 0 Å². The SMILES string of the molecule is Nc1cccc(-c2cc(F)c(F)c(F)c2)c1N. The maximum atomic E-state index is 13.1. The number of halogens is 3. The van der Waals surface area contributed by atoms with Crippen LogP contribution in [0.2, 0.25) is 0 Å². The lowest BCUT2D eigenvalue weighted by Gasteiger charge is -2.09. The fraction of sp³-hybridized carbons (Fsp3) is 0. The summed E-state index contributed by atoms with van der Waals surface area (Å²) >= 11 is 0. The van der Waals surface area contributed by atoms with Gasteiger partial charge in [0.2, 0.25) is 0 Å². The van der Waals surface area contributed by atoms with E-state index in [2.05, 4.69) is 0 Å². The molecule has 0 aromatic heterocycles. The topological polar surface area (TPSA) is 52.0 Å². The van der Waals surface area contributed by atoms with Crippen molar-refractivity contribution in [2.24, 2.45) is 0 Å². The zero-order chi connectivity index (χ0) is 12.6. The van der Waals surface area contributed by atoms with Crippen LogP contribution in [-0.2, 0) is 0 Å². The average Bonchev–Trinajstić information content (AvgIpc) is 2.29. The Morgan fingerprint density at radius 3 is 2.06 bits per heavy atom. The van der Waals surface area contributed by atoms with E-state index in [1.807, 2.05) is 0 Å². The molecular weight excluding hydrogens is 229 g/mol. The molecule has 0 fully saturated rings. The summed E-state index contributed by atoms with van der Waals surface area (Å²) in [7, 11) is 0. The van der Waals surface area contributed by atoms with E-state index < -0.39 is 17.5 Å². The van der Waals surface area contributed by atoms with E-state index in [4.69, 9.17) is 11.5 Å². The second-order valence-electron chi connectivity index (χ2n) is 3.56. The van der Waals surface area contributed by atoms with Gasteiger partial charge >= 0.3 is 0 Å². The maximum Gasteiger partial charge on any atom is 0.194 e. The van der Waals surface area contributed by atoms with Crippen LogP contribution in [0.15, 0.2) is 30.3 Å². The van der Waals surface area contributed by atoms with Crippen molar-refractivity contribution < 1.29 is 13.2 Å². The van der Waals surface area contributed by atoms with Gasteiger partial charge in [0.25, 0.3) is 0 Å². The highest BCUT2D eigenvalue weighted by atomic mass is 19.2. The molecule has 0 aliphatic rings. The van der Waals surface area contributed by atoms with Crippen LogP contribution in [0.25, 0.3) is 11.1 Å². The minimum absolute atomic E-state index is 0.145. The second-order valence-corrected chi connectivity index (χ2v) is 3.56. The maximum absolute atomic E-state index is 13.1. The molecule has 0 heterocycles. The van der Waals surface area contributed by atoms with Gasteiger partial charge < -0.3 is 11.5 Å². The molecule has 88 valence electrons. The van der Waals surface area contributed by atoms with Gasteiger partial charge in [-0.05, 0) is 23.8 Å². The van der Waals surface area contributed by atoms with Gasteiger partial charge in [0.1, 0.15) is 0 Å². The van der Waals surface area contributed by atoms with Crippen LogP contribution in [0.5, 0.6) is 0 Å². The molecule has 2 rings (SSSR count). The van der Waals surface area contributed by atoms with E-state index in [1.165, 1.54) is 0 Å². The summed E-state index contributed by atoms with van der Waals surface area (Å²) in [6, 6.07) is 6.47. The molecule has 17 heavy (non-hydrogen) atoms. The van der Waals surface area contributed by atoms with E-state index in [0.717, 1.165) is 12.1 Å². The summed E-state index contributed by atoms with van der Waals surface area (Å²) in [4.78, 5) is 0. The van der Waals surface area contributed by atoms with Gasteiger partial charge in [0.15, 0.2) is 17.5 Å². The van der Waals surface area contributed by atoms with Gasteiger partial charge in [0.05, 0.1) is 11.4 Å². The van der Waals surface area contributed by atoms with Crippen molar-refractivity contribution in [3.8, 4) is 11.1 Å². The van der Waals surface area contributed by atoms with Crippen LogP contribution in [0.4, 0.5) is 24.5 Å². The Labute approximate surface area is 95.7 Å². The molecule has 2 nitrogen and oxygen atoms in total. The molecule has 0 unspecified atom stereocenters. The molecule has 0 bridgehead atoms. The predicted octanol–water partition coefficient (Wildman–Crippen LogP) is 2.94. The minimum atomic E-state index is -1.50. The Morgan fingerprint density at radius 1 is 0.882 bits per heavy atom. The third kappa shape index (κ3) is 1.91. The lowest BCUT2D eigenvalue weighted by atomic mass is 10.0. The quantitative estimate of drug-likeness (QED) is 0.592. The van der Waals surface area contributed by atoms with Gasteiger partial charge in [-0.15, -0.1) is 0 Å². The van der Waals surface area contributed by atoms with Gasteiger partial charge in [-0.3, -0.25) is 0 Å². The molecule has 0 aliphatic heterocycles. The molecule has 0 aliphatic carbocycles. The zero-order valence-electron chi connectivity index (χ0n) is 8.68. The Balaban J connectivity index is 2.65. The lowest BCUT2D eigenvalue weighted by Crippen LogP contribution is -1.98. The molecule has 0 radical (unpaired) electrons. The van der Waals surface area contributed by atoms with Crippen LogP contribution in [0, 0.1) is 17.5 Å². The average molecular weight is 238 g/mol. The fourth-order valence-electron chi connectivity index (χ4n) is 1.55. The van der Waals surface area contributed by atoms with Crippen LogP contribution in [0.1, 0.15) is 0 Å². The molecule has 5 heteroatoms. The molecule has 2 aromatic rings. The van der Waals surface area contributed by atoms with E-state index in [9.17, 15) is 13.2 Å². The van der Waals surface area contributed by atoms with E-state index >= 15 is 0 Å². The molecule has 0 spiro atoms. The summed E-state index contributed by atoms with van der Waals surface area (Å²) in [6.45, 7) is 0. The summed E-state index contributed by atoms with van der Waals surface area (Å²) in [5.74, 6) is -4.03. The molecule has 0 atom stereocenters. The van der Waals surface area contributed by atoms with Crippen LogP contribution in [0.3, 0.4) is 0 Å². The Bertz CT molecular complexity index is 559. The van der Waals surface area contributed by atoms with Crippen molar-refractivity contribution in [1.82, 2.24) is 0 Å². The summed E-state index contributed by atoms with van der Waals surface area (Å²) < 4.78 is 38.9. The van der Waals surface area contributed by atoms with E-state index in [1.54, 1.807) is 18.2 Å². The van der Waals surface area contributed by atoms with Gasteiger partial charge in [0, 0.05) is 5.56 Å². The second kappa shape index (κ2) is 4.01. The van der Waals surface area contributed by atoms with Crippen molar-refractivity contribution in [2.45, 2.75) is 0 Å². The van der Waals surface area contributed by atoms with Crippen LogP contribution < -0.4 is 11.5 Å². The highest BCUT2D eigenvalue weighted by Gasteiger charge is 2.13. The monoisotopic (exact) mass is 238 g/mol. The lowest BCUT2D eigenvalue weighted by molar-refractivity contribution is 0.448. The Morgan fingerprint density at radius 2 is 1.47 bits per heavy atom. The summed E-state index contributed by atoms with van der Waals surface area (Å²) in [5.41, 5.74) is 12.3. The number of hydrogen-bond donors (Lipinski definition) is 2. The molecule has 0 saturated heterocycles. The van der Waals surface area contributed by atoms with Gasteiger partial charge in [-0.1, -0.05) is 12.1 Å². The third-order valence-corrected chi connectivity index (χ3v) is 2.43. The Kier molecular flexibility index (Phi) is 2.67. The molecule has 2 aromatic carbocycles. The number of hydrogen-bond acceptors (Lipinski definition) is 2. The number of rotatable bonds is 1. The normalized spacial score (nSPS) is 10.5. The summed E-state index contributed by atoms with van der Waals surface area (Å²) in [6.07, 6.45) is 0. The first-order valence-electron chi connectivity index (χ1n) is 4.79. The third-order valence-electron chi connectivity index (χ3n) is 2.43. The summed E-state index contributed by atoms with van der Waals surface area (Å²) in [5, 5.41) is 0. The largest absolute Gasteiger partial charge is 0.397 e. The Hall–Kier alpha value is -2.17.